The summed E-state index contributed by atoms with van der Waals surface area (Å²) in [6.07, 6.45) is 0.786. The first-order valence-electron chi connectivity index (χ1n) is 11.9. The molecule has 0 atom stereocenters. The molecule has 0 bridgehead atoms. The van der Waals surface area contributed by atoms with E-state index in [4.69, 9.17) is 16.3 Å². The van der Waals surface area contributed by atoms with Gasteiger partial charge in [0.15, 0.2) is 0 Å². The van der Waals surface area contributed by atoms with E-state index in [1.807, 2.05) is 0 Å². The van der Waals surface area contributed by atoms with Crippen molar-refractivity contribution in [3.05, 3.63) is 83.4 Å². The number of piperidine rings is 1. The summed E-state index contributed by atoms with van der Waals surface area (Å²) in [7, 11) is -5.80. The number of hydrogen-bond acceptors (Lipinski definition) is 6. The fourth-order valence-electron chi connectivity index (χ4n) is 4.11. The fourth-order valence-corrected chi connectivity index (χ4v) is 6.86. The van der Waals surface area contributed by atoms with Gasteiger partial charge in [-0.3, -0.25) is 9.52 Å². The molecule has 38 heavy (non-hydrogen) atoms. The van der Waals surface area contributed by atoms with Crippen LogP contribution in [0.3, 0.4) is 0 Å². The van der Waals surface area contributed by atoms with Gasteiger partial charge in [-0.15, -0.1) is 0 Å². The van der Waals surface area contributed by atoms with Crippen molar-refractivity contribution in [2.24, 2.45) is 5.92 Å². The zero-order valence-electron chi connectivity index (χ0n) is 20.6. The molecule has 0 spiro atoms. The van der Waals surface area contributed by atoms with Crippen LogP contribution in [-0.2, 0) is 30.6 Å². The summed E-state index contributed by atoms with van der Waals surface area (Å²) in [5.74, 6) is -0.0917. The lowest BCUT2D eigenvalue weighted by Gasteiger charge is -2.30. The van der Waals surface area contributed by atoms with Gasteiger partial charge < -0.3 is 10.1 Å². The van der Waals surface area contributed by atoms with E-state index in [0.29, 0.717) is 40.6 Å². The number of benzene rings is 3. The van der Waals surface area contributed by atoms with Gasteiger partial charge in [0.2, 0.25) is 15.9 Å². The van der Waals surface area contributed by atoms with Crippen molar-refractivity contribution >= 4 is 48.9 Å². The maximum atomic E-state index is 12.8. The van der Waals surface area contributed by atoms with E-state index in [2.05, 4.69) is 10.0 Å². The molecule has 1 aliphatic heterocycles. The van der Waals surface area contributed by atoms with E-state index in [0.717, 1.165) is 0 Å². The van der Waals surface area contributed by atoms with E-state index < -0.39 is 20.0 Å². The molecule has 0 unspecified atom stereocenters. The molecule has 1 amide bonds. The van der Waals surface area contributed by atoms with Crippen molar-refractivity contribution in [2.75, 3.05) is 30.2 Å². The first-order valence-corrected chi connectivity index (χ1v) is 15.3. The van der Waals surface area contributed by atoms with Crippen LogP contribution in [0.4, 0.5) is 11.4 Å². The zero-order chi connectivity index (χ0) is 27.3. The zero-order valence-corrected chi connectivity index (χ0v) is 23.0. The number of anilines is 2. The van der Waals surface area contributed by atoms with E-state index in [1.165, 1.54) is 35.7 Å². The Morgan fingerprint density at radius 1 is 0.895 bits per heavy atom. The highest BCUT2D eigenvalue weighted by Crippen LogP contribution is 2.25. The van der Waals surface area contributed by atoms with Crippen molar-refractivity contribution in [1.82, 2.24) is 4.31 Å². The van der Waals surface area contributed by atoms with E-state index in [1.54, 1.807) is 48.5 Å². The lowest BCUT2D eigenvalue weighted by Crippen LogP contribution is -2.41. The van der Waals surface area contributed by atoms with Crippen LogP contribution in [0.5, 0.6) is 5.75 Å². The largest absolute Gasteiger partial charge is 0.497 e. The topological polar surface area (TPSA) is 122 Å². The third-order valence-electron chi connectivity index (χ3n) is 6.25. The molecule has 1 aliphatic rings. The van der Waals surface area contributed by atoms with Crippen LogP contribution >= 0.6 is 11.6 Å². The molecule has 3 aromatic carbocycles. The number of rotatable bonds is 9. The standard InChI is InChI=1S/C26H28ClN3O6S2/c1-36-24-10-6-23(7-11-24)29-38(34,35)25-12-8-22(9-13-25)28-26(31)20-14-16-30(17-15-20)37(32,33)18-19-2-4-21(27)5-3-19/h2-13,20,29H,14-18H2,1H3,(H,28,31). The summed E-state index contributed by atoms with van der Waals surface area (Å²) >= 11 is 5.87. The molecule has 9 nitrogen and oxygen atoms in total. The second-order valence-corrected chi connectivity index (χ2v) is 13.0. The van der Waals surface area contributed by atoms with Crippen molar-refractivity contribution in [3.63, 3.8) is 0 Å². The highest BCUT2D eigenvalue weighted by molar-refractivity contribution is 7.92. The number of methoxy groups -OCH3 is 1. The molecule has 0 saturated carbocycles. The van der Waals surface area contributed by atoms with Crippen molar-refractivity contribution in [3.8, 4) is 5.75 Å². The van der Waals surface area contributed by atoms with Gasteiger partial charge in [0.05, 0.1) is 17.8 Å². The summed E-state index contributed by atoms with van der Waals surface area (Å²) < 4.78 is 60.0. The smallest absolute Gasteiger partial charge is 0.261 e. The van der Waals surface area contributed by atoms with Crippen LogP contribution in [0.1, 0.15) is 18.4 Å². The number of halogens is 1. The van der Waals surface area contributed by atoms with Gasteiger partial charge in [0, 0.05) is 35.4 Å². The van der Waals surface area contributed by atoms with Crippen molar-refractivity contribution in [2.45, 2.75) is 23.5 Å². The molecule has 0 aromatic heterocycles. The second-order valence-electron chi connectivity index (χ2n) is 8.90. The predicted molar refractivity (Wildman–Crippen MR) is 147 cm³/mol. The van der Waals surface area contributed by atoms with Crippen LogP contribution in [0.2, 0.25) is 5.02 Å². The number of hydrogen-bond donors (Lipinski definition) is 2. The SMILES string of the molecule is COc1ccc(NS(=O)(=O)c2ccc(NC(=O)C3CCN(S(=O)(=O)Cc4ccc(Cl)cc4)CC3)cc2)cc1. The van der Waals surface area contributed by atoms with Gasteiger partial charge >= 0.3 is 0 Å². The lowest BCUT2D eigenvalue weighted by atomic mass is 9.97. The van der Waals surface area contributed by atoms with Gasteiger partial charge in [-0.25, -0.2) is 21.1 Å². The van der Waals surface area contributed by atoms with Crippen LogP contribution in [0.15, 0.2) is 77.7 Å². The number of nitrogens with one attached hydrogen (secondary N) is 2. The molecule has 0 radical (unpaired) electrons. The molecule has 2 N–H and O–H groups in total. The Morgan fingerprint density at radius 2 is 1.47 bits per heavy atom. The predicted octanol–water partition coefficient (Wildman–Crippen LogP) is 4.33. The number of sulfonamides is 2. The molecule has 202 valence electrons. The Morgan fingerprint density at radius 3 is 2.05 bits per heavy atom. The lowest BCUT2D eigenvalue weighted by molar-refractivity contribution is -0.120. The monoisotopic (exact) mass is 577 g/mol. The van der Waals surface area contributed by atoms with Crippen LogP contribution in [-0.4, -0.2) is 47.2 Å². The highest BCUT2D eigenvalue weighted by atomic mass is 35.5. The Kier molecular flexibility index (Phi) is 8.61. The molecule has 4 rings (SSSR count). The maximum absolute atomic E-state index is 12.8. The third-order valence-corrected chi connectivity index (χ3v) is 9.75. The summed E-state index contributed by atoms with van der Waals surface area (Å²) in [6.45, 7) is 0.504. The van der Waals surface area contributed by atoms with Gasteiger partial charge in [0.1, 0.15) is 5.75 Å². The summed E-state index contributed by atoms with van der Waals surface area (Å²) in [4.78, 5) is 12.8. The maximum Gasteiger partial charge on any atom is 0.261 e. The quantitative estimate of drug-likeness (QED) is 0.390. The Hall–Kier alpha value is -3.12. The number of carbonyl (C=O) groups is 1. The Labute approximate surface area is 227 Å². The van der Waals surface area contributed by atoms with Crippen molar-refractivity contribution in [1.29, 1.82) is 0 Å². The van der Waals surface area contributed by atoms with Crippen LogP contribution in [0, 0.1) is 5.92 Å². The fraction of sp³-hybridized carbons (Fsp3) is 0.269. The minimum Gasteiger partial charge on any atom is -0.497 e. The molecular formula is C26H28ClN3O6S2. The average Bonchev–Trinajstić information content (AvgIpc) is 2.90. The Bertz CT molecular complexity index is 1470. The first kappa shape index (κ1) is 27.9. The van der Waals surface area contributed by atoms with Crippen LogP contribution < -0.4 is 14.8 Å². The van der Waals surface area contributed by atoms with E-state index >= 15 is 0 Å². The van der Waals surface area contributed by atoms with E-state index in [9.17, 15) is 21.6 Å². The minimum absolute atomic E-state index is 0.0468. The Balaban J connectivity index is 1.30. The number of nitrogens with zero attached hydrogens (tertiary/aromatic N) is 1. The normalized spacial score (nSPS) is 15.1. The summed E-state index contributed by atoms with van der Waals surface area (Å²) in [6, 6.07) is 19.0. The molecule has 1 saturated heterocycles. The number of amides is 1. The molecule has 1 fully saturated rings. The van der Waals surface area contributed by atoms with Gasteiger partial charge in [-0.1, -0.05) is 23.7 Å². The number of carbonyl (C=O) groups excluding carboxylic acids is 1. The van der Waals surface area contributed by atoms with Crippen LogP contribution in [0.25, 0.3) is 0 Å². The average molecular weight is 578 g/mol. The van der Waals surface area contributed by atoms with E-state index in [-0.39, 0.29) is 35.6 Å². The molecule has 3 aromatic rings. The minimum atomic E-state index is -3.82. The highest BCUT2D eigenvalue weighted by Gasteiger charge is 2.31. The summed E-state index contributed by atoms with van der Waals surface area (Å²) in [5.41, 5.74) is 1.50. The summed E-state index contributed by atoms with van der Waals surface area (Å²) in [5, 5.41) is 3.34. The second kappa shape index (κ2) is 11.7. The molecule has 0 aliphatic carbocycles. The number of ether oxygens (including phenoxy) is 1. The first-order chi connectivity index (χ1) is 18.1. The molecular weight excluding hydrogens is 550 g/mol. The molecule has 1 heterocycles. The van der Waals surface area contributed by atoms with Gasteiger partial charge in [-0.2, -0.15) is 0 Å². The van der Waals surface area contributed by atoms with Gasteiger partial charge in [0.25, 0.3) is 10.0 Å². The third kappa shape index (κ3) is 7.04. The van der Waals surface area contributed by atoms with Crippen molar-refractivity contribution < 1.29 is 26.4 Å². The molecule has 12 heteroatoms. The van der Waals surface area contributed by atoms with Gasteiger partial charge in [-0.05, 0) is 79.1 Å².